The Kier molecular flexibility index (Phi) is 1.89. The van der Waals surface area contributed by atoms with E-state index in [1.165, 1.54) is 0 Å². The molecule has 0 spiro atoms. The molecule has 1 N–H and O–H groups in total. The van der Waals surface area contributed by atoms with Crippen molar-refractivity contribution >= 4 is 0 Å². The number of allylic oxidation sites excluding steroid dienone is 1. The van der Waals surface area contributed by atoms with E-state index in [0.29, 0.717) is 5.92 Å². The molecule has 2 unspecified atom stereocenters. The summed E-state index contributed by atoms with van der Waals surface area (Å²) in [6, 6.07) is 9.68. The molecule has 2 aliphatic rings. The highest BCUT2D eigenvalue weighted by molar-refractivity contribution is 5.33. The molecule has 1 saturated carbocycles. The molecule has 2 nitrogen and oxygen atoms in total. The van der Waals surface area contributed by atoms with Crippen molar-refractivity contribution < 1.29 is 9.84 Å². The second-order valence-electron chi connectivity index (χ2n) is 3.99. The average Bonchev–Trinajstić information content (AvgIpc) is 2.91. The van der Waals surface area contributed by atoms with Gasteiger partial charge in [0.2, 0.25) is 0 Å². The van der Waals surface area contributed by atoms with Crippen LogP contribution in [0.2, 0.25) is 0 Å². The van der Waals surface area contributed by atoms with Gasteiger partial charge in [-0.25, -0.2) is 0 Å². The Bertz CT molecular complexity index is 419. The van der Waals surface area contributed by atoms with E-state index >= 15 is 0 Å². The third kappa shape index (κ3) is 1.57. The summed E-state index contributed by atoms with van der Waals surface area (Å²) in [7, 11) is 0. The lowest BCUT2D eigenvalue weighted by molar-refractivity contribution is 0.259. The molecule has 3 atom stereocenters. The lowest BCUT2D eigenvalue weighted by Crippen LogP contribution is -1.96. The normalized spacial score (nSPS) is 31.8. The van der Waals surface area contributed by atoms with Crippen molar-refractivity contribution in [1.82, 2.24) is 0 Å². The van der Waals surface area contributed by atoms with Crippen LogP contribution in [0.1, 0.15) is 0 Å². The minimum absolute atomic E-state index is 0.196. The van der Waals surface area contributed by atoms with E-state index in [9.17, 15) is 5.11 Å². The van der Waals surface area contributed by atoms with E-state index in [2.05, 4.69) is 0 Å². The maximum atomic E-state index is 9.46. The fourth-order valence-corrected chi connectivity index (χ4v) is 1.94. The fourth-order valence-electron chi connectivity index (χ4n) is 1.94. The highest BCUT2D eigenvalue weighted by Gasteiger charge is 2.47. The summed E-state index contributed by atoms with van der Waals surface area (Å²) < 4.78 is 5.66. The summed E-state index contributed by atoms with van der Waals surface area (Å²) in [6.45, 7) is 0. The summed E-state index contributed by atoms with van der Waals surface area (Å²) >= 11 is 0. The first-order valence-electron chi connectivity index (χ1n) is 5.15. The molecule has 2 aliphatic carbocycles. The van der Waals surface area contributed by atoms with Crippen molar-refractivity contribution in [3.63, 3.8) is 0 Å². The quantitative estimate of drug-likeness (QED) is 0.792. The highest BCUT2D eigenvalue weighted by atomic mass is 16.5. The Morgan fingerprint density at radius 2 is 1.87 bits per heavy atom. The number of hydrogen-bond acceptors (Lipinski definition) is 2. The summed E-state index contributed by atoms with van der Waals surface area (Å²) in [5.74, 6) is 2.27. The van der Waals surface area contributed by atoms with Crippen molar-refractivity contribution in [2.24, 2.45) is 11.8 Å². The molecule has 0 aromatic heterocycles. The number of aliphatic hydroxyl groups is 1. The molecular weight excluding hydrogens is 188 g/mol. The average molecular weight is 200 g/mol. The van der Waals surface area contributed by atoms with E-state index in [-0.39, 0.29) is 12.0 Å². The molecule has 0 radical (unpaired) electrons. The Morgan fingerprint density at radius 1 is 1.07 bits per heavy atom. The summed E-state index contributed by atoms with van der Waals surface area (Å²) in [5.41, 5.74) is 0. The van der Waals surface area contributed by atoms with Gasteiger partial charge in [0.1, 0.15) is 11.5 Å². The van der Waals surface area contributed by atoms with E-state index < -0.39 is 0 Å². The van der Waals surface area contributed by atoms with Gasteiger partial charge in [0, 0.05) is 11.8 Å². The van der Waals surface area contributed by atoms with Crippen LogP contribution in [0, 0.1) is 11.8 Å². The van der Waals surface area contributed by atoms with Crippen LogP contribution < -0.4 is 4.74 Å². The van der Waals surface area contributed by atoms with Crippen molar-refractivity contribution in [1.29, 1.82) is 0 Å². The van der Waals surface area contributed by atoms with Gasteiger partial charge in [-0.1, -0.05) is 24.3 Å². The monoisotopic (exact) mass is 200 g/mol. The van der Waals surface area contributed by atoms with Crippen LogP contribution in [0.25, 0.3) is 0 Å². The molecule has 0 saturated heterocycles. The van der Waals surface area contributed by atoms with Crippen LogP contribution >= 0.6 is 0 Å². The van der Waals surface area contributed by atoms with E-state index in [4.69, 9.17) is 4.74 Å². The lowest BCUT2D eigenvalue weighted by atomic mass is 10.2. The van der Waals surface area contributed by atoms with Crippen LogP contribution in [0.15, 0.2) is 54.3 Å². The Hall–Kier alpha value is -1.54. The smallest absolute Gasteiger partial charge is 0.127 e. The highest BCUT2D eigenvalue weighted by Crippen LogP contribution is 2.44. The van der Waals surface area contributed by atoms with E-state index in [0.717, 1.165) is 11.5 Å². The molecule has 1 aromatic carbocycles. The maximum Gasteiger partial charge on any atom is 0.127 e. The zero-order chi connectivity index (χ0) is 10.3. The van der Waals surface area contributed by atoms with Crippen LogP contribution in [-0.2, 0) is 0 Å². The van der Waals surface area contributed by atoms with Crippen molar-refractivity contribution in [2.75, 3.05) is 0 Å². The number of rotatable bonds is 2. The number of ether oxygens (including phenoxy) is 1. The molecule has 3 rings (SSSR count). The third-order valence-electron chi connectivity index (χ3n) is 2.91. The zero-order valence-electron chi connectivity index (χ0n) is 8.21. The van der Waals surface area contributed by atoms with Crippen LogP contribution in [-0.4, -0.2) is 11.2 Å². The lowest BCUT2D eigenvalue weighted by Gasteiger charge is -2.08. The van der Waals surface area contributed by atoms with Gasteiger partial charge >= 0.3 is 0 Å². The number of aliphatic hydroxyl groups excluding tert-OH is 1. The minimum Gasteiger partial charge on any atom is -0.458 e. The van der Waals surface area contributed by atoms with Gasteiger partial charge in [-0.05, 0) is 24.3 Å². The molecule has 0 amide bonds. The second kappa shape index (κ2) is 3.24. The van der Waals surface area contributed by atoms with E-state index in [1.54, 1.807) is 0 Å². The second-order valence-corrected chi connectivity index (χ2v) is 3.99. The van der Waals surface area contributed by atoms with Crippen LogP contribution in [0.5, 0.6) is 5.75 Å². The number of hydrogen-bond donors (Lipinski definition) is 1. The van der Waals surface area contributed by atoms with Gasteiger partial charge in [0.25, 0.3) is 0 Å². The third-order valence-corrected chi connectivity index (χ3v) is 2.91. The Balaban J connectivity index is 1.75. The van der Waals surface area contributed by atoms with Crippen molar-refractivity contribution in [2.45, 2.75) is 6.10 Å². The molecule has 1 aromatic rings. The number of fused-ring (bicyclic) bond motifs is 1. The minimum atomic E-state index is -0.196. The van der Waals surface area contributed by atoms with Gasteiger partial charge < -0.3 is 9.84 Å². The predicted molar refractivity (Wildman–Crippen MR) is 57.3 cm³/mol. The van der Waals surface area contributed by atoms with Gasteiger partial charge in [0.15, 0.2) is 0 Å². The van der Waals surface area contributed by atoms with Crippen LogP contribution in [0.4, 0.5) is 0 Å². The number of para-hydroxylation sites is 1. The van der Waals surface area contributed by atoms with E-state index in [1.807, 2.05) is 48.6 Å². The van der Waals surface area contributed by atoms with Gasteiger partial charge in [-0.15, -0.1) is 0 Å². The molecular formula is C13H12O2. The molecule has 76 valence electrons. The van der Waals surface area contributed by atoms with Crippen molar-refractivity contribution in [3.05, 3.63) is 54.3 Å². The fraction of sp³-hybridized carbons (Fsp3) is 0.231. The molecule has 0 aliphatic heterocycles. The van der Waals surface area contributed by atoms with Gasteiger partial charge in [-0.3, -0.25) is 0 Å². The largest absolute Gasteiger partial charge is 0.458 e. The van der Waals surface area contributed by atoms with Gasteiger partial charge in [0.05, 0.1) is 6.10 Å². The van der Waals surface area contributed by atoms with Crippen LogP contribution in [0.3, 0.4) is 0 Å². The first-order chi connectivity index (χ1) is 7.34. The van der Waals surface area contributed by atoms with Gasteiger partial charge in [-0.2, -0.15) is 0 Å². The first kappa shape index (κ1) is 8.74. The summed E-state index contributed by atoms with van der Waals surface area (Å²) in [5, 5.41) is 9.46. The topological polar surface area (TPSA) is 29.5 Å². The predicted octanol–water partition coefficient (Wildman–Crippen LogP) is 2.13. The SMILES string of the molecule is O[C@H]1C2C=CC(Oc3ccccc3)=CC21. The molecule has 15 heavy (non-hydrogen) atoms. The first-order valence-corrected chi connectivity index (χ1v) is 5.15. The summed E-state index contributed by atoms with van der Waals surface area (Å²) in [6.07, 6.45) is 5.76. The standard InChI is InChI=1S/C13H12O2/c14-13-11-7-6-10(8-12(11)13)15-9-4-2-1-3-5-9/h1-8,11-14H/t11?,12?,13-/m0/s1. The molecule has 0 bridgehead atoms. The maximum absolute atomic E-state index is 9.46. The molecule has 2 heteroatoms. The zero-order valence-corrected chi connectivity index (χ0v) is 8.21. The molecule has 0 heterocycles. The Morgan fingerprint density at radius 3 is 2.60 bits per heavy atom. The molecule has 1 fully saturated rings. The number of benzene rings is 1. The summed E-state index contributed by atoms with van der Waals surface area (Å²) in [4.78, 5) is 0. The van der Waals surface area contributed by atoms with Crippen molar-refractivity contribution in [3.8, 4) is 5.75 Å². The Labute approximate surface area is 88.5 Å².